The predicted molar refractivity (Wildman–Crippen MR) is 106 cm³/mol. The Kier molecular flexibility index (Phi) is 5.65. The third-order valence-corrected chi connectivity index (χ3v) is 5.35. The van der Waals surface area contributed by atoms with Crippen molar-refractivity contribution in [2.75, 3.05) is 18.2 Å². The van der Waals surface area contributed by atoms with Crippen LogP contribution in [-0.4, -0.2) is 40.3 Å². The van der Waals surface area contributed by atoms with E-state index in [-0.39, 0.29) is 22.9 Å². The van der Waals surface area contributed by atoms with Gasteiger partial charge in [0.2, 0.25) is 5.88 Å². The molecule has 2 aromatic heterocycles. The van der Waals surface area contributed by atoms with Gasteiger partial charge in [-0.2, -0.15) is 13.2 Å². The molecule has 2 aliphatic rings. The summed E-state index contributed by atoms with van der Waals surface area (Å²) < 4.78 is 47.1. The number of hydrogen-bond donors (Lipinski definition) is 0. The summed E-state index contributed by atoms with van der Waals surface area (Å²) in [6, 6.07) is 2.85. The van der Waals surface area contributed by atoms with Crippen LogP contribution in [0.4, 0.5) is 19.0 Å². The molecule has 0 aromatic carbocycles. The van der Waals surface area contributed by atoms with Crippen LogP contribution in [0.1, 0.15) is 40.9 Å². The number of rotatable bonds is 6. The van der Waals surface area contributed by atoms with Crippen LogP contribution in [0.25, 0.3) is 0 Å². The van der Waals surface area contributed by atoms with Gasteiger partial charge in [0.05, 0.1) is 25.6 Å². The summed E-state index contributed by atoms with van der Waals surface area (Å²) in [5.41, 5.74) is 1.98. The molecule has 164 valence electrons. The minimum Gasteiger partial charge on any atom is -0.479 e. The van der Waals surface area contributed by atoms with E-state index in [1.807, 2.05) is 11.8 Å². The Hall–Kier alpha value is -3.01. The second-order valence-corrected chi connectivity index (χ2v) is 7.50. The summed E-state index contributed by atoms with van der Waals surface area (Å²) in [5, 5.41) is 0.0809. The minimum atomic E-state index is -4.32. The van der Waals surface area contributed by atoms with Crippen molar-refractivity contribution < 1.29 is 27.4 Å². The maximum absolute atomic E-state index is 13.0. The van der Waals surface area contributed by atoms with Gasteiger partial charge in [-0.1, -0.05) is 11.6 Å². The Morgan fingerprint density at radius 2 is 2.16 bits per heavy atom. The lowest BCUT2D eigenvalue weighted by Gasteiger charge is -2.25. The van der Waals surface area contributed by atoms with Crippen molar-refractivity contribution in [3.63, 3.8) is 0 Å². The van der Waals surface area contributed by atoms with Crippen LogP contribution >= 0.6 is 11.6 Å². The van der Waals surface area contributed by atoms with Crippen molar-refractivity contribution in [1.29, 1.82) is 0 Å². The Morgan fingerprint density at radius 1 is 1.35 bits per heavy atom. The van der Waals surface area contributed by atoms with Gasteiger partial charge in [0.1, 0.15) is 17.1 Å². The second-order valence-electron chi connectivity index (χ2n) is 7.09. The van der Waals surface area contributed by atoms with Crippen molar-refractivity contribution in [3.8, 4) is 5.88 Å². The third kappa shape index (κ3) is 4.39. The Labute approximate surface area is 181 Å². The van der Waals surface area contributed by atoms with Crippen LogP contribution < -0.4 is 9.64 Å². The predicted octanol–water partition coefficient (Wildman–Crippen LogP) is 4.44. The van der Waals surface area contributed by atoms with Gasteiger partial charge in [-0.05, 0) is 24.6 Å². The fourth-order valence-electron chi connectivity index (χ4n) is 3.43. The first-order valence-corrected chi connectivity index (χ1v) is 9.81. The topological polar surface area (TPSA) is 67.8 Å². The van der Waals surface area contributed by atoms with Gasteiger partial charge >= 0.3 is 6.18 Å². The highest BCUT2D eigenvalue weighted by Gasteiger charge is 2.35. The van der Waals surface area contributed by atoms with Gasteiger partial charge in [-0.25, -0.2) is 9.97 Å². The molecule has 1 amide bonds. The number of carbonyl (C=O) groups excluding carboxylic acids is 1. The molecule has 7 nitrogen and oxygen atoms in total. The van der Waals surface area contributed by atoms with E-state index in [1.54, 1.807) is 35.7 Å². The van der Waals surface area contributed by atoms with Crippen LogP contribution in [-0.2, 0) is 11.3 Å². The van der Waals surface area contributed by atoms with E-state index in [0.29, 0.717) is 30.2 Å². The number of carbonyl (C=O) groups is 1. The number of halogens is 4. The molecule has 0 radical (unpaired) electrons. The van der Waals surface area contributed by atoms with Gasteiger partial charge < -0.3 is 14.4 Å². The maximum atomic E-state index is 13.0. The fraction of sp³-hybridized carbons (Fsp3) is 0.350. The van der Waals surface area contributed by atoms with Crippen LogP contribution in [0, 0.1) is 0 Å². The number of anilines is 1. The zero-order chi connectivity index (χ0) is 22.2. The number of amides is 1. The standard InChI is InChI=1S/C20H18ClF3N4O3/c1-12(13-8-16(21)18(26-9-13)31-6-3-20(22,23)24)28-10-15-14(19(28)29)2-4-25-17(15)27-5-7-30-11-27/h2,4-5,7-9,12H,3,6,10-11H2,1H3. The Balaban J connectivity index is 1.50. The molecule has 0 aliphatic carbocycles. The van der Waals surface area contributed by atoms with Gasteiger partial charge in [0, 0.05) is 29.7 Å². The molecule has 0 saturated carbocycles. The summed E-state index contributed by atoms with van der Waals surface area (Å²) in [6.45, 7) is 1.91. The van der Waals surface area contributed by atoms with Gasteiger partial charge in [-0.3, -0.25) is 9.69 Å². The highest BCUT2D eigenvalue weighted by atomic mass is 35.5. The normalized spacial score (nSPS) is 16.5. The molecular weight excluding hydrogens is 437 g/mol. The molecule has 0 bridgehead atoms. The first-order valence-electron chi connectivity index (χ1n) is 9.43. The number of nitrogens with zero attached hydrogens (tertiary/aromatic N) is 4. The van der Waals surface area contributed by atoms with E-state index in [4.69, 9.17) is 21.1 Å². The molecule has 4 heterocycles. The van der Waals surface area contributed by atoms with E-state index in [1.165, 1.54) is 6.20 Å². The smallest absolute Gasteiger partial charge is 0.392 e. The molecule has 1 unspecified atom stereocenters. The SMILES string of the molecule is CC(c1cnc(OCCC(F)(F)F)c(Cl)c1)N1Cc2c(ccnc2N2C=COC2)C1=O. The minimum absolute atomic E-state index is 0.0785. The van der Waals surface area contributed by atoms with Gasteiger partial charge in [0.25, 0.3) is 5.91 Å². The van der Waals surface area contributed by atoms with Crippen LogP contribution in [0.2, 0.25) is 5.02 Å². The molecule has 1 atom stereocenters. The number of pyridine rings is 2. The molecule has 0 spiro atoms. The van der Waals surface area contributed by atoms with E-state index in [2.05, 4.69) is 9.97 Å². The second kappa shape index (κ2) is 8.26. The number of ether oxygens (including phenoxy) is 2. The molecule has 2 aliphatic heterocycles. The lowest BCUT2D eigenvalue weighted by molar-refractivity contribution is -0.139. The Morgan fingerprint density at radius 3 is 2.84 bits per heavy atom. The average Bonchev–Trinajstić information content (AvgIpc) is 3.36. The summed E-state index contributed by atoms with van der Waals surface area (Å²) in [6.07, 6.45) is 0.919. The monoisotopic (exact) mass is 454 g/mol. The quantitative estimate of drug-likeness (QED) is 0.642. The van der Waals surface area contributed by atoms with E-state index < -0.39 is 19.2 Å². The summed E-state index contributed by atoms with van der Waals surface area (Å²) in [5.74, 6) is 0.418. The first-order chi connectivity index (χ1) is 14.7. The van der Waals surface area contributed by atoms with Gasteiger partial charge in [-0.15, -0.1) is 0 Å². The number of hydrogen-bond acceptors (Lipinski definition) is 6. The largest absolute Gasteiger partial charge is 0.479 e. The van der Waals surface area contributed by atoms with E-state index in [9.17, 15) is 18.0 Å². The molecular formula is C20H18ClF3N4O3. The summed E-state index contributed by atoms with van der Waals surface area (Å²) in [7, 11) is 0. The zero-order valence-electron chi connectivity index (χ0n) is 16.4. The number of alkyl halides is 3. The average molecular weight is 455 g/mol. The molecule has 2 aromatic rings. The van der Waals surface area contributed by atoms with Crippen molar-refractivity contribution in [2.45, 2.75) is 32.1 Å². The molecule has 0 fully saturated rings. The van der Waals surface area contributed by atoms with E-state index >= 15 is 0 Å². The van der Waals surface area contributed by atoms with Crippen molar-refractivity contribution in [2.24, 2.45) is 0 Å². The lowest BCUT2D eigenvalue weighted by Crippen LogP contribution is -2.27. The summed E-state index contributed by atoms with van der Waals surface area (Å²) in [4.78, 5) is 24.9. The highest BCUT2D eigenvalue weighted by Crippen LogP contribution is 2.37. The van der Waals surface area contributed by atoms with Gasteiger partial charge in [0.15, 0.2) is 6.73 Å². The molecule has 31 heavy (non-hydrogen) atoms. The van der Waals surface area contributed by atoms with Crippen LogP contribution in [0.3, 0.4) is 0 Å². The van der Waals surface area contributed by atoms with Crippen molar-refractivity contribution >= 4 is 23.3 Å². The maximum Gasteiger partial charge on any atom is 0.392 e. The number of aromatic nitrogens is 2. The van der Waals surface area contributed by atoms with Crippen LogP contribution in [0.15, 0.2) is 37.0 Å². The fourth-order valence-corrected chi connectivity index (χ4v) is 3.66. The van der Waals surface area contributed by atoms with E-state index in [0.717, 1.165) is 5.56 Å². The molecule has 11 heteroatoms. The first kappa shape index (κ1) is 21.2. The van der Waals surface area contributed by atoms with Crippen molar-refractivity contribution in [3.05, 3.63) is 58.7 Å². The summed E-state index contributed by atoms with van der Waals surface area (Å²) >= 11 is 6.16. The third-order valence-electron chi connectivity index (χ3n) is 5.08. The molecule has 4 rings (SSSR count). The van der Waals surface area contributed by atoms with Crippen molar-refractivity contribution in [1.82, 2.24) is 14.9 Å². The lowest BCUT2D eigenvalue weighted by atomic mass is 10.1. The number of fused-ring (bicyclic) bond motifs is 1. The molecule has 0 N–H and O–H groups in total. The molecule has 0 saturated heterocycles. The highest BCUT2D eigenvalue weighted by molar-refractivity contribution is 6.31. The zero-order valence-corrected chi connectivity index (χ0v) is 17.2. The van der Waals surface area contributed by atoms with Crippen LogP contribution in [0.5, 0.6) is 5.88 Å². The Bertz CT molecular complexity index is 1030.